The van der Waals surface area contributed by atoms with Crippen molar-refractivity contribution in [3.63, 3.8) is 0 Å². The van der Waals surface area contributed by atoms with Crippen molar-refractivity contribution in [1.29, 1.82) is 0 Å². The maximum absolute atomic E-state index is 8.25. The number of hydrogen-bond acceptors (Lipinski definition) is 7. The van der Waals surface area contributed by atoms with E-state index < -0.39 is 0 Å². The van der Waals surface area contributed by atoms with Crippen LogP contribution in [-0.4, -0.2) is 126 Å². The van der Waals surface area contributed by atoms with Gasteiger partial charge in [0.1, 0.15) is 0 Å². The summed E-state index contributed by atoms with van der Waals surface area (Å²) in [6.07, 6.45) is 0. The number of hydrogen-bond donors (Lipinski definition) is 2. The minimum atomic E-state index is 0.257. The summed E-state index contributed by atoms with van der Waals surface area (Å²) in [5.74, 6) is 0. The Bertz CT molecular complexity index is 169. The van der Waals surface area contributed by atoms with E-state index in [1.165, 1.54) is 0 Å². The number of aliphatic hydroxyl groups excluding tert-OH is 2. The van der Waals surface area contributed by atoms with Crippen LogP contribution in [-0.2, 0) is 23.7 Å². The Hall–Kier alpha value is 0.274. The van der Waals surface area contributed by atoms with Crippen molar-refractivity contribution < 1.29 is 33.9 Å². The topological polar surface area (TPSA) is 70.5 Å². The van der Waals surface area contributed by atoms with Crippen LogP contribution >= 0.6 is 0 Å². The van der Waals surface area contributed by atoms with Gasteiger partial charge in [0, 0.05) is 13.1 Å². The molecule has 0 radical (unpaired) electrons. The molecule has 7 nitrogen and oxygen atoms in total. The standard InChI is InChI=1S/2C4H11NO.2C4H10N.O.Ti/c2*1-5(2)3-4-6;2*1-4-5(2)3;;/h2*6H,3-4H2,1-2H3;2*1,4H2,2-3H3;;/q;;2*-1;;+2. The summed E-state index contributed by atoms with van der Waals surface area (Å²) >= 11 is 0.750. The van der Waals surface area contributed by atoms with Crippen LogP contribution in [0.25, 0.3) is 0 Å². The first-order valence-corrected chi connectivity index (χ1v) is 8.32. The van der Waals surface area contributed by atoms with Crippen molar-refractivity contribution >= 4 is 0 Å². The van der Waals surface area contributed by atoms with E-state index in [0.717, 1.165) is 46.6 Å². The molecule has 0 aromatic carbocycles. The summed E-state index contributed by atoms with van der Waals surface area (Å²) in [5.41, 5.74) is 0. The monoisotopic (exact) mass is 386 g/mol. The summed E-state index contributed by atoms with van der Waals surface area (Å²) in [6, 6.07) is 0. The Balaban J connectivity index is -0.0000000647. The van der Waals surface area contributed by atoms with E-state index in [2.05, 4.69) is 13.8 Å². The summed E-state index contributed by atoms with van der Waals surface area (Å²) in [7, 11) is 15.7. The van der Waals surface area contributed by atoms with Crippen molar-refractivity contribution in [3.8, 4) is 0 Å². The summed E-state index contributed by atoms with van der Waals surface area (Å²) < 4.78 is 8.25. The predicted molar refractivity (Wildman–Crippen MR) is 99.8 cm³/mol. The summed E-state index contributed by atoms with van der Waals surface area (Å²) in [5, 5.41) is 16.4. The molecule has 0 saturated heterocycles. The SMILES string of the molecule is CN(C)CCO.CN(C)CCO.[CH2-]CN(C)C.[CH2-]CN(C)C.[O]=[Ti+2]. The second-order valence-electron chi connectivity index (χ2n) is 5.66. The molecule has 0 heterocycles. The predicted octanol–water partition coefficient (Wildman–Crippen LogP) is -0.277. The zero-order chi connectivity index (χ0) is 20.6. The molecule has 0 saturated carbocycles. The van der Waals surface area contributed by atoms with Gasteiger partial charge in [-0.05, 0) is 56.4 Å². The van der Waals surface area contributed by atoms with Crippen LogP contribution < -0.4 is 0 Å². The molecule has 0 aliphatic heterocycles. The van der Waals surface area contributed by atoms with Crippen molar-refractivity contribution in [3.05, 3.63) is 13.8 Å². The molecule has 0 bridgehead atoms. The minimum absolute atomic E-state index is 0.257. The van der Waals surface area contributed by atoms with Gasteiger partial charge in [0.2, 0.25) is 0 Å². The molecule has 0 aromatic rings. The van der Waals surface area contributed by atoms with Crippen molar-refractivity contribution in [2.45, 2.75) is 0 Å². The zero-order valence-corrected chi connectivity index (χ0v) is 18.8. The molecule has 0 unspecified atom stereocenters. The first kappa shape index (κ1) is 35.4. The number of likely N-dealkylation sites (N-methyl/N-ethyl adjacent to an activating group) is 2. The molecule has 0 fully saturated rings. The fourth-order valence-corrected chi connectivity index (χ4v) is 0.400. The number of rotatable bonds is 6. The molecule has 0 aliphatic carbocycles. The third-order valence-electron chi connectivity index (χ3n) is 1.99. The Kier molecular flexibility index (Phi) is 51.0. The molecule has 0 aromatic heterocycles. The molecule has 148 valence electrons. The normalized spacial score (nSPS) is 9.25. The maximum atomic E-state index is 8.25. The Morgan fingerprint density at radius 2 is 0.792 bits per heavy atom. The van der Waals surface area contributed by atoms with Gasteiger partial charge in [-0.1, -0.05) is 0 Å². The van der Waals surface area contributed by atoms with E-state index in [1.807, 2.05) is 76.0 Å². The number of aliphatic hydroxyl groups is 2. The molecule has 0 aliphatic rings. The Morgan fingerprint density at radius 1 is 0.625 bits per heavy atom. The van der Waals surface area contributed by atoms with Gasteiger partial charge in [-0.15, -0.1) is 13.1 Å². The van der Waals surface area contributed by atoms with Crippen LogP contribution in [0.15, 0.2) is 0 Å². The molecule has 8 heteroatoms. The van der Waals surface area contributed by atoms with Crippen molar-refractivity contribution in [2.24, 2.45) is 0 Å². The van der Waals surface area contributed by atoms with Gasteiger partial charge in [-0.2, -0.15) is 0 Å². The molecular weight excluding hydrogens is 344 g/mol. The summed E-state index contributed by atoms with van der Waals surface area (Å²) in [4.78, 5) is 7.89. The second kappa shape index (κ2) is 34.6. The number of nitrogens with zero attached hydrogens (tertiary/aromatic N) is 4. The zero-order valence-electron chi connectivity index (χ0n) is 17.2. The van der Waals surface area contributed by atoms with Crippen LogP contribution in [0.4, 0.5) is 0 Å². The first-order valence-electron chi connectivity index (χ1n) is 7.68. The van der Waals surface area contributed by atoms with Gasteiger partial charge >= 0.3 is 23.7 Å². The van der Waals surface area contributed by atoms with Gasteiger partial charge in [-0.25, -0.2) is 0 Å². The van der Waals surface area contributed by atoms with Gasteiger partial charge in [0.15, 0.2) is 0 Å². The van der Waals surface area contributed by atoms with Crippen LogP contribution in [0.3, 0.4) is 0 Å². The molecule has 24 heavy (non-hydrogen) atoms. The van der Waals surface area contributed by atoms with Crippen molar-refractivity contribution in [1.82, 2.24) is 19.6 Å². The van der Waals surface area contributed by atoms with E-state index >= 15 is 0 Å². The van der Waals surface area contributed by atoms with E-state index in [-0.39, 0.29) is 13.2 Å². The van der Waals surface area contributed by atoms with Crippen LogP contribution in [0, 0.1) is 13.8 Å². The molecule has 0 rings (SSSR count). The Morgan fingerprint density at radius 3 is 0.792 bits per heavy atom. The third-order valence-corrected chi connectivity index (χ3v) is 1.99. The van der Waals surface area contributed by atoms with Gasteiger partial charge < -0.3 is 43.7 Å². The van der Waals surface area contributed by atoms with Gasteiger partial charge in [-0.3, -0.25) is 0 Å². The van der Waals surface area contributed by atoms with Crippen molar-refractivity contribution in [2.75, 3.05) is 95.8 Å². The molecule has 0 atom stereocenters. The average Bonchev–Trinajstić information content (AvgIpc) is 2.50. The van der Waals surface area contributed by atoms with E-state index in [4.69, 9.17) is 13.5 Å². The summed E-state index contributed by atoms with van der Waals surface area (Å²) in [6.45, 7) is 11.0. The fraction of sp³-hybridized carbons (Fsp3) is 0.875. The fourth-order valence-electron chi connectivity index (χ4n) is 0.400. The van der Waals surface area contributed by atoms with E-state index in [0.29, 0.717) is 0 Å². The first-order chi connectivity index (χ1) is 11.1. The van der Waals surface area contributed by atoms with Crippen LogP contribution in [0.1, 0.15) is 0 Å². The molecular formula is C16H42N4O3Ti. The third kappa shape index (κ3) is 95.5. The second-order valence-corrected chi connectivity index (χ2v) is 5.66. The van der Waals surface area contributed by atoms with Gasteiger partial charge in [0.05, 0.1) is 13.2 Å². The molecule has 0 amide bonds. The Labute approximate surface area is 163 Å². The van der Waals surface area contributed by atoms with E-state index in [1.54, 1.807) is 0 Å². The van der Waals surface area contributed by atoms with Crippen LogP contribution in [0.5, 0.6) is 0 Å². The molecule has 0 spiro atoms. The van der Waals surface area contributed by atoms with E-state index in [9.17, 15) is 0 Å². The van der Waals surface area contributed by atoms with Gasteiger partial charge in [0.25, 0.3) is 0 Å². The molecule has 2 N–H and O–H groups in total. The quantitative estimate of drug-likeness (QED) is 0.481. The van der Waals surface area contributed by atoms with Crippen LogP contribution in [0.2, 0.25) is 0 Å². The average molecular weight is 386 g/mol.